The highest BCUT2D eigenvalue weighted by molar-refractivity contribution is 5.75. The van der Waals surface area contributed by atoms with E-state index in [1.54, 1.807) is 0 Å². The Balaban J connectivity index is 2.06. The average Bonchev–Trinajstić information content (AvgIpc) is 2.27. The third-order valence-corrected chi connectivity index (χ3v) is 2.93. The molecule has 94 valence electrons. The van der Waals surface area contributed by atoms with Crippen LogP contribution in [-0.2, 0) is 9.53 Å². The number of carbonyl (C=O) groups excluding carboxylic acids is 1. The molecule has 0 aromatic carbocycles. The van der Waals surface area contributed by atoms with E-state index < -0.39 is 0 Å². The smallest absolute Gasteiger partial charge is 0.222 e. The molecule has 0 bridgehead atoms. The largest absolute Gasteiger partial charge is 0.381 e. The van der Waals surface area contributed by atoms with E-state index in [2.05, 4.69) is 17.6 Å². The molecule has 2 N–H and O–H groups in total. The predicted octanol–water partition coefficient (Wildman–Crippen LogP) is 1.06. The van der Waals surface area contributed by atoms with Crippen LogP contribution in [0.25, 0.3) is 0 Å². The van der Waals surface area contributed by atoms with Gasteiger partial charge in [0.05, 0.1) is 6.61 Å². The third-order valence-electron chi connectivity index (χ3n) is 2.93. The van der Waals surface area contributed by atoms with Crippen molar-refractivity contribution in [1.29, 1.82) is 0 Å². The molecule has 1 aliphatic heterocycles. The van der Waals surface area contributed by atoms with Crippen molar-refractivity contribution in [3.05, 3.63) is 0 Å². The first-order chi connectivity index (χ1) is 7.72. The molecule has 0 spiro atoms. The van der Waals surface area contributed by atoms with Crippen LogP contribution < -0.4 is 10.6 Å². The first-order valence-corrected chi connectivity index (χ1v) is 6.33. The van der Waals surface area contributed by atoms with E-state index in [0.29, 0.717) is 31.7 Å². The van der Waals surface area contributed by atoms with E-state index in [4.69, 9.17) is 4.74 Å². The van der Waals surface area contributed by atoms with Gasteiger partial charge in [0.15, 0.2) is 0 Å². The van der Waals surface area contributed by atoms with Gasteiger partial charge in [0.2, 0.25) is 5.91 Å². The number of hydrogen-bond donors (Lipinski definition) is 2. The van der Waals surface area contributed by atoms with Crippen molar-refractivity contribution in [2.45, 2.75) is 51.6 Å². The highest BCUT2D eigenvalue weighted by atomic mass is 16.5. The summed E-state index contributed by atoms with van der Waals surface area (Å²) >= 11 is 0. The topological polar surface area (TPSA) is 50.4 Å². The summed E-state index contributed by atoms with van der Waals surface area (Å²) in [5.41, 5.74) is 0. The minimum atomic E-state index is 0.0912. The molecule has 0 aromatic rings. The van der Waals surface area contributed by atoms with E-state index >= 15 is 0 Å². The van der Waals surface area contributed by atoms with Crippen molar-refractivity contribution < 1.29 is 9.53 Å². The lowest BCUT2D eigenvalue weighted by Crippen LogP contribution is -2.47. The lowest BCUT2D eigenvalue weighted by molar-refractivity contribution is -0.122. The predicted molar refractivity (Wildman–Crippen MR) is 64.4 cm³/mol. The van der Waals surface area contributed by atoms with Crippen molar-refractivity contribution in [2.24, 2.45) is 0 Å². The molecule has 16 heavy (non-hydrogen) atoms. The first-order valence-electron chi connectivity index (χ1n) is 6.33. The van der Waals surface area contributed by atoms with Gasteiger partial charge in [-0.3, -0.25) is 4.79 Å². The van der Waals surface area contributed by atoms with Gasteiger partial charge in [0.25, 0.3) is 0 Å². The summed E-state index contributed by atoms with van der Waals surface area (Å²) in [4.78, 5) is 11.4. The minimum absolute atomic E-state index is 0.0912. The molecule has 1 amide bonds. The van der Waals surface area contributed by atoms with Crippen LogP contribution >= 0.6 is 0 Å². The summed E-state index contributed by atoms with van der Waals surface area (Å²) in [5, 5.41) is 6.44. The molecular formula is C12H24N2O2. The van der Waals surface area contributed by atoms with Crippen molar-refractivity contribution in [2.75, 3.05) is 19.8 Å². The molecule has 4 nitrogen and oxygen atoms in total. The highest BCUT2D eigenvalue weighted by Crippen LogP contribution is 2.11. The van der Waals surface area contributed by atoms with Crippen LogP contribution in [-0.4, -0.2) is 37.7 Å². The van der Waals surface area contributed by atoms with Gasteiger partial charge in [-0.25, -0.2) is 0 Å². The number of carbonyl (C=O) groups is 1. The van der Waals surface area contributed by atoms with Crippen molar-refractivity contribution in [3.63, 3.8) is 0 Å². The van der Waals surface area contributed by atoms with Crippen LogP contribution in [0.2, 0.25) is 0 Å². The quantitative estimate of drug-likeness (QED) is 0.668. The van der Waals surface area contributed by atoms with Crippen LogP contribution in [0.5, 0.6) is 0 Å². The van der Waals surface area contributed by atoms with E-state index in [9.17, 15) is 4.79 Å². The number of hydrogen-bond acceptors (Lipinski definition) is 3. The Morgan fingerprint density at radius 1 is 1.50 bits per heavy atom. The van der Waals surface area contributed by atoms with Crippen molar-refractivity contribution in [1.82, 2.24) is 10.6 Å². The lowest BCUT2D eigenvalue weighted by atomic mass is 10.00. The molecule has 1 aliphatic rings. The number of ether oxygens (including phenoxy) is 1. The van der Waals surface area contributed by atoms with Gasteiger partial charge in [0.1, 0.15) is 0 Å². The Bertz CT molecular complexity index is 209. The first kappa shape index (κ1) is 13.5. The SMILES string of the molecule is CCOCCC(=O)NCC1CCCC(C)N1. The molecule has 0 saturated carbocycles. The summed E-state index contributed by atoms with van der Waals surface area (Å²) in [5.74, 6) is 0.0912. The normalized spacial score (nSPS) is 25.4. The number of piperidine rings is 1. The van der Waals surface area contributed by atoms with Crippen LogP contribution in [0.15, 0.2) is 0 Å². The minimum Gasteiger partial charge on any atom is -0.381 e. The van der Waals surface area contributed by atoms with Gasteiger partial charge < -0.3 is 15.4 Å². The molecule has 1 fully saturated rings. The van der Waals surface area contributed by atoms with E-state index in [1.165, 1.54) is 12.8 Å². The second-order valence-electron chi connectivity index (χ2n) is 4.45. The molecule has 1 heterocycles. The zero-order chi connectivity index (χ0) is 11.8. The molecule has 1 saturated heterocycles. The summed E-state index contributed by atoms with van der Waals surface area (Å²) < 4.78 is 5.14. The fraction of sp³-hybridized carbons (Fsp3) is 0.917. The Kier molecular flexibility index (Phi) is 6.42. The summed E-state index contributed by atoms with van der Waals surface area (Å²) in [6.45, 7) is 6.08. The Morgan fingerprint density at radius 2 is 2.31 bits per heavy atom. The van der Waals surface area contributed by atoms with Gasteiger partial charge in [-0.15, -0.1) is 0 Å². The molecule has 2 atom stereocenters. The van der Waals surface area contributed by atoms with E-state index in [1.807, 2.05) is 6.92 Å². The second kappa shape index (κ2) is 7.63. The molecule has 4 heteroatoms. The van der Waals surface area contributed by atoms with E-state index in [0.717, 1.165) is 13.0 Å². The lowest BCUT2D eigenvalue weighted by Gasteiger charge is -2.28. The highest BCUT2D eigenvalue weighted by Gasteiger charge is 2.17. The number of nitrogens with one attached hydrogen (secondary N) is 2. The standard InChI is InChI=1S/C12H24N2O2/c1-3-16-8-7-12(15)13-9-11-6-4-5-10(2)14-11/h10-11,14H,3-9H2,1-2H3,(H,13,15). The van der Waals surface area contributed by atoms with E-state index in [-0.39, 0.29) is 5.91 Å². The van der Waals surface area contributed by atoms with Crippen LogP contribution in [0.1, 0.15) is 39.5 Å². The second-order valence-corrected chi connectivity index (χ2v) is 4.45. The van der Waals surface area contributed by atoms with Crippen molar-refractivity contribution >= 4 is 5.91 Å². The third kappa shape index (κ3) is 5.47. The molecule has 1 rings (SSSR count). The molecule has 0 aromatic heterocycles. The summed E-state index contributed by atoms with van der Waals surface area (Å²) in [6.07, 6.45) is 4.13. The van der Waals surface area contributed by atoms with Gasteiger partial charge in [0, 0.05) is 31.7 Å². The number of rotatable bonds is 6. The Morgan fingerprint density at radius 3 is 3.00 bits per heavy atom. The molecule has 0 radical (unpaired) electrons. The van der Waals surface area contributed by atoms with Crippen LogP contribution in [0.4, 0.5) is 0 Å². The van der Waals surface area contributed by atoms with Crippen molar-refractivity contribution in [3.8, 4) is 0 Å². The molecule has 2 unspecified atom stereocenters. The maximum absolute atomic E-state index is 11.4. The van der Waals surface area contributed by atoms with Crippen LogP contribution in [0, 0.1) is 0 Å². The Labute approximate surface area is 98.1 Å². The summed E-state index contributed by atoms with van der Waals surface area (Å²) in [6, 6.07) is 1.03. The Hall–Kier alpha value is -0.610. The maximum Gasteiger partial charge on any atom is 0.222 e. The fourth-order valence-electron chi connectivity index (χ4n) is 2.04. The number of amides is 1. The maximum atomic E-state index is 11.4. The zero-order valence-corrected chi connectivity index (χ0v) is 10.4. The zero-order valence-electron chi connectivity index (χ0n) is 10.4. The van der Waals surface area contributed by atoms with Gasteiger partial charge >= 0.3 is 0 Å². The van der Waals surface area contributed by atoms with Gasteiger partial charge in [-0.1, -0.05) is 6.42 Å². The monoisotopic (exact) mass is 228 g/mol. The van der Waals surface area contributed by atoms with Gasteiger partial charge in [-0.05, 0) is 26.7 Å². The van der Waals surface area contributed by atoms with Crippen LogP contribution in [0.3, 0.4) is 0 Å². The van der Waals surface area contributed by atoms with Gasteiger partial charge in [-0.2, -0.15) is 0 Å². The average molecular weight is 228 g/mol. The molecule has 0 aliphatic carbocycles. The fourth-order valence-corrected chi connectivity index (χ4v) is 2.04. The summed E-state index contributed by atoms with van der Waals surface area (Å²) in [7, 11) is 0. The molecular weight excluding hydrogens is 204 g/mol.